The quantitative estimate of drug-likeness (QED) is 0.856. The van der Waals surface area contributed by atoms with Crippen LogP contribution in [0.2, 0.25) is 0 Å². The number of piperidine rings is 1. The number of phenols is 1. The number of nitrogens with one attached hydrogen (secondary N) is 1. The molecular weight excluding hydrogens is 236 g/mol. The first-order valence-electron chi connectivity index (χ1n) is 7.40. The third-order valence-corrected chi connectivity index (χ3v) is 3.92. The van der Waals surface area contributed by atoms with E-state index >= 15 is 0 Å². The van der Waals surface area contributed by atoms with E-state index in [1.54, 1.807) is 12.1 Å². The molecule has 1 atom stereocenters. The first kappa shape index (κ1) is 14.4. The number of benzene rings is 1. The van der Waals surface area contributed by atoms with E-state index in [4.69, 9.17) is 0 Å². The molecule has 3 heteroatoms. The number of phenolic OH excluding ortho intramolecular Hbond substituents is 1. The molecule has 0 amide bonds. The molecule has 0 saturated carbocycles. The average Bonchev–Trinajstić information content (AvgIpc) is 2.41. The lowest BCUT2D eigenvalue weighted by Crippen LogP contribution is -2.45. The maximum atomic E-state index is 9.34. The topological polar surface area (TPSA) is 35.5 Å². The van der Waals surface area contributed by atoms with Gasteiger partial charge in [-0.05, 0) is 50.9 Å². The zero-order valence-corrected chi connectivity index (χ0v) is 12.1. The molecular formula is C16H26N2O. The first-order valence-corrected chi connectivity index (χ1v) is 7.40. The largest absolute Gasteiger partial charge is 0.508 e. The second kappa shape index (κ2) is 6.92. The summed E-state index contributed by atoms with van der Waals surface area (Å²) < 4.78 is 0. The molecule has 1 heterocycles. The van der Waals surface area contributed by atoms with Gasteiger partial charge in [-0.3, -0.25) is 4.90 Å². The van der Waals surface area contributed by atoms with Gasteiger partial charge in [-0.15, -0.1) is 0 Å². The van der Waals surface area contributed by atoms with Crippen LogP contribution in [0.25, 0.3) is 0 Å². The Bertz CT molecular complexity index is 369. The molecule has 3 nitrogen and oxygen atoms in total. The van der Waals surface area contributed by atoms with Crippen molar-refractivity contribution in [1.82, 2.24) is 10.2 Å². The van der Waals surface area contributed by atoms with Crippen LogP contribution in [0.4, 0.5) is 0 Å². The maximum absolute atomic E-state index is 9.34. The summed E-state index contributed by atoms with van der Waals surface area (Å²) in [4.78, 5) is 2.51. The fourth-order valence-electron chi connectivity index (χ4n) is 2.66. The third-order valence-electron chi connectivity index (χ3n) is 3.92. The van der Waals surface area contributed by atoms with E-state index in [1.807, 2.05) is 12.1 Å². The van der Waals surface area contributed by atoms with Crippen molar-refractivity contribution < 1.29 is 5.11 Å². The normalized spacial score (nSPS) is 20.1. The molecule has 1 aromatic rings. The van der Waals surface area contributed by atoms with Crippen molar-refractivity contribution in [3.8, 4) is 5.75 Å². The van der Waals surface area contributed by atoms with E-state index in [-0.39, 0.29) is 0 Å². The number of aromatic hydroxyl groups is 1. The van der Waals surface area contributed by atoms with Crippen LogP contribution < -0.4 is 5.32 Å². The molecule has 19 heavy (non-hydrogen) atoms. The molecule has 1 unspecified atom stereocenters. The molecule has 0 aliphatic carbocycles. The highest BCUT2D eigenvalue weighted by atomic mass is 16.3. The van der Waals surface area contributed by atoms with Crippen molar-refractivity contribution in [2.45, 2.75) is 51.7 Å². The molecule has 1 aromatic carbocycles. The van der Waals surface area contributed by atoms with Gasteiger partial charge in [-0.1, -0.05) is 18.6 Å². The van der Waals surface area contributed by atoms with Crippen LogP contribution in [0, 0.1) is 0 Å². The van der Waals surface area contributed by atoms with Crippen molar-refractivity contribution >= 4 is 0 Å². The van der Waals surface area contributed by atoms with Gasteiger partial charge in [0.25, 0.3) is 0 Å². The number of hydrogen-bond acceptors (Lipinski definition) is 3. The predicted octanol–water partition coefficient (Wildman–Crippen LogP) is 2.74. The predicted molar refractivity (Wildman–Crippen MR) is 79.3 cm³/mol. The minimum atomic E-state index is 0.341. The van der Waals surface area contributed by atoms with E-state index in [9.17, 15) is 5.11 Å². The Kier molecular flexibility index (Phi) is 5.23. The number of rotatable bonds is 5. The Morgan fingerprint density at radius 1 is 1.26 bits per heavy atom. The van der Waals surface area contributed by atoms with Crippen molar-refractivity contribution in [2.24, 2.45) is 0 Å². The van der Waals surface area contributed by atoms with Crippen LogP contribution in [-0.4, -0.2) is 35.2 Å². The van der Waals surface area contributed by atoms with Gasteiger partial charge in [-0.25, -0.2) is 0 Å². The summed E-state index contributed by atoms with van der Waals surface area (Å²) in [6.45, 7) is 7.73. The highest BCUT2D eigenvalue weighted by molar-refractivity contribution is 5.25. The Hall–Kier alpha value is -1.06. The standard InChI is InChI=1S/C16H26N2O/c1-13(2)18(12-15-5-3-4-10-17-15)11-14-6-8-16(19)9-7-14/h6-9,13,15,17,19H,3-5,10-12H2,1-2H3. The summed E-state index contributed by atoms with van der Waals surface area (Å²) in [5.41, 5.74) is 1.27. The SMILES string of the molecule is CC(C)N(Cc1ccc(O)cc1)CC1CCCCN1. The molecule has 2 rings (SSSR count). The summed E-state index contributed by atoms with van der Waals surface area (Å²) in [6.07, 6.45) is 3.96. The summed E-state index contributed by atoms with van der Waals surface area (Å²) >= 11 is 0. The maximum Gasteiger partial charge on any atom is 0.115 e. The molecule has 0 spiro atoms. The molecule has 2 N–H and O–H groups in total. The molecule has 0 bridgehead atoms. The molecule has 0 radical (unpaired) electrons. The van der Waals surface area contributed by atoms with Gasteiger partial charge < -0.3 is 10.4 Å². The van der Waals surface area contributed by atoms with Crippen molar-refractivity contribution in [3.63, 3.8) is 0 Å². The van der Waals surface area contributed by atoms with Crippen molar-refractivity contribution in [2.75, 3.05) is 13.1 Å². The Morgan fingerprint density at radius 2 is 2.00 bits per heavy atom. The van der Waals surface area contributed by atoms with E-state index in [1.165, 1.54) is 24.8 Å². The minimum Gasteiger partial charge on any atom is -0.508 e. The second-order valence-corrected chi connectivity index (χ2v) is 5.84. The minimum absolute atomic E-state index is 0.341. The Labute approximate surface area is 116 Å². The van der Waals surface area contributed by atoms with Crippen LogP contribution in [0.1, 0.15) is 38.7 Å². The van der Waals surface area contributed by atoms with Gasteiger partial charge in [0.15, 0.2) is 0 Å². The van der Waals surface area contributed by atoms with E-state index < -0.39 is 0 Å². The van der Waals surface area contributed by atoms with Crippen LogP contribution in [-0.2, 0) is 6.54 Å². The van der Waals surface area contributed by atoms with Crippen LogP contribution in [0.15, 0.2) is 24.3 Å². The number of hydrogen-bond donors (Lipinski definition) is 2. The Morgan fingerprint density at radius 3 is 2.58 bits per heavy atom. The average molecular weight is 262 g/mol. The van der Waals surface area contributed by atoms with Crippen LogP contribution in [0.3, 0.4) is 0 Å². The van der Waals surface area contributed by atoms with E-state index in [0.29, 0.717) is 17.8 Å². The highest BCUT2D eigenvalue weighted by Gasteiger charge is 2.18. The second-order valence-electron chi connectivity index (χ2n) is 5.84. The van der Waals surface area contributed by atoms with Gasteiger partial charge in [-0.2, -0.15) is 0 Å². The first-order chi connectivity index (χ1) is 9.15. The van der Waals surface area contributed by atoms with Gasteiger partial charge in [0, 0.05) is 25.2 Å². The summed E-state index contributed by atoms with van der Waals surface area (Å²) in [6, 6.07) is 8.74. The molecule has 1 aliphatic rings. The van der Waals surface area contributed by atoms with Crippen LogP contribution in [0.5, 0.6) is 5.75 Å². The summed E-state index contributed by atoms with van der Waals surface area (Å²) in [7, 11) is 0. The molecule has 1 aliphatic heterocycles. The van der Waals surface area contributed by atoms with E-state index in [0.717, 1.165) is 19.6 Å². The van der Waals surface area contributed by atoms with Gasteiger partial charge in [0.05, 0.1) is 0 Å². The summed E-state index contributed by atoms with van der Waals surface area (Å²) in [5, 5.41) is 13.0. The molecule has 0 aromatic heterocycles. The lowest BCUT2D eigenvalue weighted by atomic mass is 10.0. The molecule has 106 valence electrons. The monoisotopic (exact) mass is 262 g/mol. The summed E-state index contributed by atoms with van der Waals surface area (Å²) in [5.74, 6) is 0.341. The number of nitrogens with zero attached hydrogens (tertiary/aromatic N) is 1. The lowest BCUT2D eigenvalue weighted by molar-refractivity contribution is 0.177. The van der Waals surface area contributed by atoms with Gasteiger partial charge >= 0.3 is 0 Å². The Balaban J connectivity index is 1.93. The third kappa shape index (κ3) is 4.51. The van der Waals surface area contributed by atoms with E-state index in [2.05, 4.69) is 24.1 Å². The molecule has 1 saturated heterocycles. The van der Waals surface area contributed by atoms with Gasteiger partial charge in [0.2, 0.25) is 0 Å². The van der Waals surface area contributed by atoms with Gasteiger partial charge in [0.1, 0.15) is 5.75 Å². The smallest absolute Gasteiger partial charge is 0.115 e. The lowest BCUT2D eigenvalue weighted by Gasteiger charge is -2.33. The molecule has 1 fully saturated rings. The zero-order valence-electron chi connectivity index (χ0n) is 12.1. The fourth-order valence-corrected chi connectivity index (χ4v) is 2.66. The highest BCUT2D eigenvalue weighted by Crippen LogP contribution is 2.15. The fraction of sp³-hybridized carbons (Fsp3) is 0.625. The van der Waals surface area contributed by atoms with Crippen molar-refractivity contribution in [1.29, 1.82) is 0 Å². The van der Waals surface area contributed by atoms with Crippen molar-refractivity contribution in [3.05, 3.63) is 29.8 Å². The zero-order chi connectivity index (χ0) is 13.7. The van der Waals surface area contributed by atoms with Crippen LogP contribution >= 0.6 is 0 Å².